The van der Waals surface area contributed by atoms with Crippen molar-refractivity contribution < 1.29 is 129 Å². The number of aliphatic hydroxyl groups excluding tert-OH is 14. The van der Waals surface area contributed by atoms with Crippen molar-refractivity contribution in [3.8, 4) is 0 Å². The lowest BCUT2D eigenvalue weighted by Gasteiger charge is -2.50. The molecule has 5 aliphatic rings. The molecule has 5 aliphatic heterocycles. The second-order valence-corrected chi connectivity index (χ2v) is 17.0. The minimum Gasteiger partial charge on any atom is -0.394 e. The van der Waals surface area contributed by atoms with Gasteiger partial charge in [-0.25, -0.2) is 0 Å². The summed E-state index contributed by atoms with van der Waals surface area (Å²) in [5, 5.41) is 154. The van der Waals surface area contributed by atoms with Gasteiger partial charge in [-0.15, -0.1) is 0 Å². The molecule has 28 nitrogen and oxygen atoms in total. The van der Waals surface area contributed by atoms with Crippen LogP contribution in [-0.4, -0.2) is 281 Å². The summed E-state index contributed by atoms with van der Waals surface area (Å²) in [7, 11) is 0. The zero-order valence-corrected chi connectivity index (χ0v) is 37.0. The highest BCUT2D eigenvalue weighted by atomic mass is 79.9. The summed E-state index contributed by atoms with van der Waals surface area (Å²) in [6, 6.07) is -2.99. The van der Waals surface area contributed by atoms with Gasteiger partial charge >= 0.3 is 0 Å². The van der Waals surface area contributed by atoms with Crippen molar-refractivity contribution in [3.05, 3.63) is 0 Å². The third-order valence-electron chi connectivity index (χ3n) is 11.8. The molecule has 0 aliphatic carbocycles. The molecular weight excluding hydrogens is 968 g/mol. The Bertz CT molecular complexity index is 1570. The maximum atomic E-state index is 12.6. The average molecular weight is 1030 g/mol. The Morgan fingerprint density at radius 3 is 1.41 bits per heavy atom. The van der Waals surface area contributed by atoms with Crippen LogP contribution < -0.4 is 10.6 Å². The van der Waals surface area contributed by atoms with Crippen molar-refractivity contribution in [3.63, 3.8) is 0 Å². The zero-order chi connectivity index (χ0) is 48.9. The summed E-state index contributed by atoms with van der Waals surface area (Å²) in [6.07, 6.45) is -41.8. The summed E-state index contributed by atoms with van der Waals surface area (Å²) >= 11 is 3.04. The van der Waals surface area contributed by atoms with E-state index in [4.69, 9.17) is 42.6 Å². The quantitative estimate of drug-likeness (QED) is 0.0567. The number of carbonyl (C=O) groups excluding carboxylic acids is 3. The lowest BCUT2D eigenvalue weighted by atomic mass is 9.89. The number of hydrogen-bond acceptors (Lipinski definition) is 26. The molecule has 0 radical (unpaired) electrons. The summed E-state index contributed by atoms with van der Waals surface area (Å²) in [5.74, 6) is -1.80. The fraction of sp³-hybridized carbons (Fsp3) is 0.919. The van der Waals surface area contributed by atoms with Gasteiger partial charge < -0.3 is 125 Å². The van der Waals surface area contributed by atoms with E-state index in [2.05, 4.69) is 26.6 Å². The van der Waals surface area contributed by atoms with E-state index in [1.807, 2.05) is 0 Å². The summed E-state index contributed by atoms with van der Waals surface area (Å²) in [5.41, 5.74) is 0. The van der Waals surface area contributed by atoms with Crippen LogP contribution in [-0.2, 0) is 57.0 Å². The van der Waals surface area contributed by atoms with Crippen LogP contribution in [0.1, 0.15) is 20.3 Å². The second-order valence-electron chi connectivity index (χ2n) is 16.5. The number of alkyl halides is 1. The smallest absolute Gasteiger partial charge is 0.217 e. The molecule has 0 aromatic rings. The number of aliphatic hydroxyl groups is 14. The Morgan fingerprint density at radius 2 is 0.879 bits per heavy atom. The van der Waals surface area contributed by atoms with E-state index in [1.165, 1.54) is 0 Å². The van der Waals surface area contributed by atoms with E-state index in [9.17, 15) is 85.9 Å². The molecule has 29 heteroatoms. The predicted molar refractivity (Wildman–Crippen MR) is 211 cm³/mol. The molecule has 0 aromatic heterocycles. The molecule has 0 saturated carbocycles. The van der Waals surface area contributed by atoms with E-state index in [1.54, 1.807) is 0 Å². The molecule has 5 saturated heterocycles. The van der Waals surface area contributed by atoms with Crippen LogP contribution in [0.3, 0.4) is 0 Å². The molecule has 25 atom stereocenters. The SMILES string of the molecule is CC(=O)NC1[C@H](O[C@@H]2C(CO)O[C@@H](CC(=O)CBr)C(NC(C)=O)[C@H]2O)OC(CO)[C@@H](O[C@@H]2OC(CO[C@H]3OC(CO)[C@@H](O)[C@H](O)C3O)[C@@H](O)[C@H](O[C@H]3O[C@H](CO)[C@@H](O)C(O)C3O)C2O)[C@@H]1O. The number of ether oxygens (including phenoxy) is 9. The number of amides is 2. The summed E-state index contributed by atoms with van der Waals surface area (Å²) in [6.45, 7) is -2.22. The topological polar surface area (TPSA) is 442 Å². The summed E-state index contributed by atoms with van der Waals surface area (Å²) < 4.78 is 51.8. The van der Waals surface area contributed by atoms with Gasteiger partial charge in [0.25, 0.3) is 0 Å². The number of Topliss-reactive ketones (excluding diaryl/α,β-unsaturated/α-hetero) is 1. The first-order valence-electron chi connectivity index (χ1n) is 20.9. The molecule has 16 N–H and O–H groups in total. The lowest BCUT2D eigenvalue weighted by molar-refractivity contribution is -0.383. The van der Waals surface area contributed by atoms with E-state index >= 15 is 0 Å². The monoisotopic (exact) mass is 1030 g/mol. The summed E-state index contributed by atoms with van der Waals surface area (Å²) in [4.78, 5) is 37.1. The first kappa shape index (κ1) is 55.1. The maximum absolute atomic E-state index is 12.6. The normalized spacial score (nSPS) is 46.7. The van der Waals surface area contributed by atoms with Gasteiger partial charge in [0.05, 0.1) is 50.5 Å². The first-order chi connectivity index (χ1) is 31.2. The maximum Gasteiger partial charge on any atom is 0.217 e. The third kappa shape index (κ3) is 12.4. The van der Waals surface area contributed by atoms with Crippen LogP contribution in [0.4, 0.5) is 0 Å². The minimum absolute atomic E-state index is 0.0938. The second kappa shape index (κ2) is 24.3. The van der Waals surface area contributed by atoms with Gasteiger partial charge in [0.2, 0.25) is 11.8 Å². The molecule has 66 heavy (non-hydrogen) atoms. The molecule has 382 valence electrons. The molecule has 0 spiro atoms. The number of hydrogen-bond donors (Lipinski definition) is 16. The molecular formula is C37H61BrN2O26. The van der Waals surface area contributed by atoms with Crippen molar-refractivity contribution in [2.24, 2.45) is 0 Å². The number of carbonyl (C=O) groups is 3. The number of ketones is 1. The van der Waals surface area contributed by atoms with Crippen LogP contribution in [0, 0.1) is 0 Å². The van der Waals surface area contributed by atoms with Gasteiger partial charge in [0.15, 0.2) is 25.2 Å². The Labute approximate surface area is 383 Å². The Balaban J connectivity index is 1.42. The van der Waals surface area contributed by atoms with Gasteiger partial charge in [-0.05, 0) is 0 Å². The van der Waals surface area contributed by atoms with Crippen LogP contribution in [0.15, 0.2) is 0 Å². The van der Waals surface area contributed by atoms with Crippen molar-refractivity contribution in [2.75, 3.05) is 38.4 Å². The molecule has 5 rings (SSSR count). The van der Waals surface area contributed by atoms with Gasteiger partial charge in [-0.2, -0.15) is 0 Å². The van der Waals surface area contributed by atoms with Crippen LogP contribution in [0.25, 0.3) is 0 Å². The van der Waals surface area contributed by atoms with Gasteiger partial charge in [0, 0.05) is 20.3 Å². The standard InChI is InChI=1S/C37H61BrN2O26/c1-10(45)39-19-13(3-12(47)4-38)59-16(7-43)31(24(19)51)64-34-20(40-11(2)46)25(52)32(17(8-44)62-34)65-37-30(57)33(66-36-29(56)27(54)22(49)15(6-42)61-36)23(50)18(63-37)9-58-35-28(55)26(53)21(48)14(5-41)60-35/h13-37,41-44,48-57H,3-9H2,1-2H3,(H,39,45)(H,40,46)/t13-,14?,15+,16?,17?,18?,19?,20?,21+,22+,23+,24+,25+,26-,27?,28?,29?,30?,31+,32+,33-,34-,35-,36+,37-/m0/s1. The van der Waals surface area contributed by atoms with E-state index in [0.29, 0.717) is 0 Å². The van der Waals surface area contributed by atoms with E-state index in [-0.39, 0.29) is 17.5 Å². The predicted octanol–water partition coefficient (Wildman–Crippen LogP) is -10.2. The Kier molecular flexibility index (Phi) is 20.3. The third-order valence-corrected chi connectivity index (χ3v) is 12.4. The fourth-order valence-electron chi connectivity index (χ4n) is 8.30. The van der Waals surface area contributed by atoms with Gasteiger partial charge in [-0.3, -0.25) is 14.4 Å². The highest BCUT2D eigenvalue weighted by molar-refractivity contribution is 9.09. The zero-order valence-electron chi connectivity index (χ0n) is 35.4. The largest absolute Gasteiger partial charge is 0.394 e. The van der Waals surface area contributed by atoms with Gasteiger partial charge in [0.1, 0.15) is 122 Å². The van der Waals surface area contributed by atoms with Crippen molar-refractivity contribution in [2.45, 2.75) is 173 Å². The minimum atomic E-state index is -2.19. The van der Waals surface area contributed by atoms with Crippen molar-refractivity contribution >= 4 is 33.5 Å². The number of halogens is 1. The number of rotatable bonds is 18. The highest BCUT2D eigenvalue weighted by Gasteiger charge is 2.56. The highest BCUT2D eigenvalue weighted by Crippen LogP contribution is 2.35. The van der Waals surface area contributed by atoms with Crippen LogP contribution in [0.5, 0.6) is 0 Å². The Morgan fingerprint density at radius 1 is 0.455 bits per heavy atom. The van der Waals surface area contributed by atoms with Gasteiger partial charge in [-0.1, -0.05) is 15.9 Å². The molecule has 5 heterocycles. The first-order valence-corrected chi connectivity index (χ1v) is 22.0. The molecule has 2 amide bonds. The Hall–Kier alpha value is -1.83. The van der Waals surface area contributed by atoms with Crippen LogP contribution in [0.2, 0.25) is 0 Å². The molecule has 5 fully saturated rings. The lowest BCUT2D eigenvalue weighted by Crippen LogP contribution is -2.70. The number of nitrogens with one attached hydrogen (secondary N) is 2. The molecule has 0 aromatic carbocycles. The average Bonchev–Trinajstić information content (AvgIpc) is 3.28. The fourth-order valence-corrected chi connectivity index (χ4v) is 8.53. The van der Waals surface area contributed by atoms with E-state index < -0.39 is 198 Å². The van der Waals surface area contributed by atoms with Crippen molar-refractivity contribution in [1.82, 2.24) is 10.6 Å². The molecule has 10 unspecified atom stereocenters. The molecule has 0 bridgehead atoms. The van der Waals surface area contributed by atoms with Crippen LogP contribution >= 0.6 is 15.9 Å². The van der Waals surface area contributed by atoms with Crippen molar-refractivity contribution in [1.29, 1.82) is 0 Å². The van der Waals surface area contributed by atoms with E-state index in [0.717, 1.165) is 13.8 Å².